The highest BCUT2D eigenvalue weighted by Crippen LogP contribution is 2.23. The smallest absolute Gasteiger partial charge is 0.239 e. The molecule has 0 aromatic heterocycles. The van der Waals surface area contributed by atoms with Gasteiger partial charge in [-0.25, -0.2) is 8.42 Å². The van der Waals surface area contributed by atoms with Crippen LogP contribution in [0.25, 0.3) is 0 Å². The highest BCUT2D eigenvalue weighted by atomic mass is 32.2. The Morgan fingerprint density at radius 1 is 1.33 bits per heavy atom. The fraction of sp³-hybridized carbons (Fsp3) is 0.385. The Hall–Kier alpha value is -2.09. The molecule has 0 heterocycles. The normalized spacial score (nSPS) is 12.5. The first-order valence-electron chi connectivity index (χ1n) is 6.25. The molecule has 0 saturated heterocycles. The van der Waals surface area contributed by atoms with E-state index < -0.39 is 32.7 Å². The van der Waals surface area contributed by atoms with Gasteiger partial charge < -0.3 is 15.8 Å². The number of nitrogens with one attached hydrogen (secondary N) is 1. The molecule has 0 aliphatic carbocycles. The van der Waals surface area contributed by atoms with Gasteiger partial charge in [-0.1, -0.05) is 19.1 Å². The summed E-state index contributed by atoms with van der Waals surface area (Å²) in [6, 6.07) is 6.59. The number of benzene rings is 1. The standard InChI is InChI=1S/C13H18N2O5S/c1-3-11(13(14)17)21(18,19)8-12(16)15-9-6-4-5-7-10(9)20-2/h4-7,11H,3,8H2,1-2H3,(H2,14,17)(H,15,16). The number of sulfone groups is 1. The van der Waals surface area contributed by atoms with Crippen molar-refractivity contribution in [3.05, 3.63) is 24.3 Å². The summed E-state index contributed by atoms with van der Waals surface area (Å²) < 4.78 is 29.0. The van der Waals surface area contributed by atoms with E-state index in [1.165, 1.54) is 14.0 Å². The highest BCUT2D eigenvalue weighted by Gasteiger charge is 2.31. The number of hydrogen-bond donors (Lipinski definition) is 2. The van der Waals surface area contributed by atoms with Crippen molar-refractivity contribution in [1.82, 2.24) is 0 Å². The van der Waals surface area contributed by atoms with Crippen molar-refractivity contribution in [2.45, 2.75) is 18.6 Å². The van der Waals surface area contributed by atoms with Crippen LogP contribution in [0, 0.1) is 0 Å². The molecule has 1 unspecified atom stereocenters. The fourth-order valence-corrected chi connectivity index (χ4v) is 3.35. The van der Waals surface area contributed by atoms with Crippen molar-refractivity contribution in [1.29, 1.82) is 0 Å². The van der Waals surface area contributed by atoms with Crippen molar-refractivity contribution in [2.75, 3.05) is 18.2 Å². The number of anilines is 1. The van der Waals surface area contributed by atoms with Crippen LogP contribution >= 0.6 is 0 Å². The average Bonchev–Trinajstić information content (AvgIpc) is 2.38. The number of rotatable bonds is 7. The quantitative estimate of drug-likeness (QED) is 0.751. The van der Waals surface area contributed by atoms with Crippen molar-refractivity contribution in [2.24, 2.45) is 5.73 Å². The molecule has 7 nitrogen and oxygen atoms in total. The van der Waals surface area contributed by atoms with Crippen molar-refractivity contribution in [3.8, 4) is 5.75 Å². The Morgan fingerprint density at radius 3 is 2.48 bits per heavy atom. The third-order valence-corrected chi connectivity index (χ3v) is 4.93. The third kappa shape index (κ3) is 4.45. The molecular formula is C13H18N2O5S. The lowest BCUT2D eigenvalue weighted by Gasteiger charge is -2.13. The minimum absolute atomic E-state index is 0.0274. The van der Waals surface area contributed by atoms with Gasteiger partial charge in [0.2, 0.25) is 11.8 Å². The topological polar surface area (TPSA) is 116 Å². The molecule has 0 aliphatic heterocycles. The second kappa shape index (κ2) is 7.07. The van der Waals surface area contributed by atoms with Crippen LogP contribution in [-0.2, 0) is 19.4 Å². The van der Waals surface area contributed by atoms with Gasteiger partial charge >= 0.3 is 0 Å². The lowest BCUT2D eigenvalue weighted by Crippen LogP contribution is -2.39. The van der Waals surface area contributed by atoms with E-state index in [0.29, 0.717) is 11.4 Å². The number of para-hydroxylation sites is 2. The lowest BCUT2D eigenvalue weighted by molar-refractivity contribution is -0.117. The predicted octanol–water partition coefficient (Wildman–Crippen LogP) is 0.312. The van der Waals surface area contributed by atoms with Gasteiger partial charge in [-0.15, -0.1) is 0 Å². The number of nitrogens with two attached hydrogens (primary N) is 1. The van der Waals surface area contributed by atoms with Gasteiger partial charge in [-0.3, -0.25) is 9.59 Å². The Kier molecular flexibility index (Phi) is 5.71. The number of ether oxygens (including phenoxy) is 1. The first kappa shape index (κ1) is 17.0. The zero-order chi connectivity index (χ0) is 16.0. The van der Waals surface area contributed by atoms with E-state index in [9.17, 15) is 18.0 Å². The first-order chi connectivity index (χ1) is 9.81. The zero-order valence-electron chi connectivity index (χ0n) is 11.8. The Labute approximate surface area is 123 Å². The molecule has 0 fully saturated rings. The van der Waals surface area contributed by atoms with Crippen LogP contribution in [0.3, 0.4) is 0 Å². The molecule has 0 aliphatic rings. The maximum atomic E-state index is 12.0. The van der Waals surface area contributed by atoms with Crippen LogP contribution in [0.5, 0.6) is 5.75 Å². The molecule has 3 N–H and O–H groups in total. The minimum Gasteiger partial charge on any atom is -0.495 e. The summed E-state index contributed by atoms with van der Waals surface area (Å²) in [6.45, 7) is 1.52. The van der Waals surface area contributed by atoms with E-state index >= 15 is 0 Å². The highest BCUT2D eigenvalue weighted by molar-refractivity contribution is 7.93. The van der Waals surface area contributed by atoms with E-state index in [1.54, 1.807) is 24.3 Å². The molecule has 0 radical (unpaired) electrons. The van der Waals surface area contributed by atoms with E-state index in [0.717, 1.165) is 0 Å². The largest absolute Gasteiger partial charge is 0.495 e. The van der Waals surface area contributed by atoms with E-state index in [1.807, 2.05) is 0 Å². The summed E-state index contributed by atoms with van der Waals surface area (Å²) in [4.78, 5) is 23.0. The summed E-state index contributed by atoms with van der Waals surface area (Å²) in [7, 11) is -2.51. The van der Waals surface area contributed by atoms with Crippen molar-refractivity contribution in [3.63, 3.8) is 0 Å². The monoisotopic (exact) mass is 314 g/mol. The van der Waals surface area contributed by atoms with Gasteiger partial charge in [0.05, 0.1) is 12.8 Å². The molecule has 8 heteroatoms. The second-order valence-corrected chi connectivity index (χ2v) is 6.54. The van der Waals surface area contributed by atoms with Crippen LogP contribution in [-0.4, -0.2) is 38.3 Å². The summed E-state index contributed by atoms with van der Waals surface area (Å²) in [5.41, 5.74) is 5.39. The maximum absolute atomic E-state index is 12.0. The molecule has 0 bridgehead atoms. The van der Waals surface area contributed by atoms with Crippen LogP contribution in [0.1, 0.15) is 13.3 Å². The molecule has 1 rings (SSSR count). The van der Waals surface area contributed by atoms with Crippen molar-refractivity contribution < 1.29 is 22.7 Å². The summed E-state index contributed by atoms with van der Waals surface area (Å²) in [5, 5.41) is 1.08. The lowest BCUT2D eigenvalue weighted by atomic mass is 10.3. The number of methoxy groups -OCH3 is 1. The van der Waals surface area contributed by atoms with Gasteiger partial charge in [-0.05, 0) is 18.6 Å². The summed E-state index contributed by atoms with van der Waals surface area (Å²) in [6.07, 6.45) is 0.0274. The minimum atomic E-state index is -3.94. The molecule has 116 valence electrons. The first-order valence-corrected chi connectivity index (χ1v) is 7.97. The van der Waals surface area contributed by atoms with Gasteiger partial charge in [0.1, 0.15) is 16.8 Å². The Morgan fingerprint density at radius 2 is 1.95 bits per heavy atom. The number of amides is 2. The molecule has 1 atom stereocenters. The molecule has 1 aromatic rings. The molecule has 21 heavy (non-hydrogen) atoms. The van der Waals surface area contributed by atoms with Crippen LogP contribution in [0.15, 0.2) is 24.3 Å². The maximum Gasteiger partial charge on any atom is 0.239 e. The van der Waals surface area contributed by atoms with Crippen LogP contribution in [0.2, 0.25) is 0 Å². The van der Waals surface area contributed by atoms with Gasteiger partial charge in [0.25, 0.3) is 0 Å². The summed E-state index contributed by atoms with van der Waals surface area (Å²) >= 11 is 0. The van der Waals surface area contributed by atoms with Crippen molar-refractivity contribution >= 4 is 27.3 Å². The summed E-state index contributed by atoms with van der Waals surface area (Å²) in [5.74, 6) is -2.11. The van der Waals surface area contributed by atoms with Gasteiger partial charge in [0, 0.05) is 0 Å². The van der Waals surface area contributed by atoms with E-state index in [4.69, 9.17) is 10.5 Å². The molecular weight excluding hydrogens is 296 g/mol. The van der Waals surface area contributed by atoms with Gasteiger partial charge in [-0.2, -0.15) is 0 Å². The Balaban J connectivity index is 2.84. The SMILES string of the molecule is CCC(C(N)=O)S(=O)(=O)CC(=O)Nc1ccccc1OC. The Bertz CT molecular complexity index is 627. The average molecular weight is 314 g/mol. The number of carbonyl (C=O) groups excluding carboxylic acids is 2. The van der Waals surface area contributed by atoms with E-state index in [2.05, 4.69) is 5.32 Å². The van der Waals surface area contributed by atoms with Crippen LogP contribution in [0.4, 0.5) is 5.69 Å². The second-order valence-electron chi connectivity index (χ2n) is 4.35. The van der Waals surface area contributed by atoms with E-state index in [-0.39, 0.29) is 6.42 Å². The number of hydrogen-bond acceptors (Lipinski definition) is 5. The van der Waals surface area contributed by atoms with Crippen LogP contribution < -0.4 is 15.8 Å². The van der Waals surface area contributed by atoms with Gasteiger partial charge in [0.15, 0.2) is 9.84 Å². The molecule has 0 saturated carbocycles. The molecule has 0 spiro atoms. The molecule has 2 amide bonds. The predicted molar refractivity (Wildman–Crippen MR) is 78.7 cm³/mol. The number of carbonyl (C=O) groups is 2. The molecule has 1 aromatic carbocycles. The third-order valence-electron chi connectivity index (χ3n) is 2.83. The number of primary amides is 1. The zero-order valence-corrected chi connectivity index (χ0v) is 12.6. The fourth-order valence-electron chi connectivity index (χ4n) is 1.85.